The number of carbonyl (C=O) groups excluding carboxylic acids is 1. The maximum absolute atomic E-state index is 12.9. The zero-order chi connectivity index (χ0) is 21.9. The first-order chi connectivity index (χ1) is 14.5. The monoisotopic (exact) mass is 413 g/mol. The molecule has 0 saturated carbocycles. The first-order valence-corrected chi connectivity index (χ1v) is 10.0. The van der Waals surface area contributed by atoms with Gasteiger partial charge < -0.3 is 10.2 Å². The second kappa shape index (κ2) is 11.8. The summed E-state index contributed by atoms with van der Waals surface area (Å²) >= 11 is 0. The molecule has 0 spiro atoms. The summed E-state index contributed by atoms with van der Waals surface area (Å²) in [4.78, 5) is 25.2. The number of rotatable bonds is 8. The van der Waals surface area contributed by atoms with E-state index in [9.17, 15) is 19.3 Å². The minimum absolute atomic E-state index is 0.0351. The van der Waals surface area contributed by atoms with E-state index in [1.54, 1.807) is 18.2 Å². The van der Waals surface area contributed by atoms with Crippen LogP contribution in [-0.2, 0) is 0 Å². The Balaban J connectivity index is 0.00000155. The molecule has 1 aliphatic rings. The fraction of sp³-hybridized carbons (Fsp3) is 0.348. The van der Waals surface area contributed by atoms with Gasteiger partial charge in [0.2, 0.25) is 0 Å². The van der Waals surface area contributed by atoms with Crippen LogP contribution in [0.2, 0.25) is 0 Å². The molecule has 6 nitrogen and oxygen atoms in total. The Bertz CT molecular complexity index is 834. The molecule has 160 valence electrons. The molecule has 2 aromatic rings. The predicted octanol–water partition coefficient (Wildman–Crippen LogP) is 5.08. The lowest BCUT2D eigenvalue weighted by molar-refractivity contribution is -0.384. The largest absolute Gasteiger partial charge is 0.377 e. The predicted molar refractivity (Wildman–Crippen MR) is 117 cm³/mol. The minimum Gasteiger partial charge on any atom is -0.377 e. The van der Waals surface area contributed by atoms with Crippen molar-refractivity contribution in [3.05, 3.63) is 83.2 Å². The molecule has 0 radical (unpaired) electrons. The summed E-state index contributed by atoms with van der Waals surface area (Å²) < 4.78 is 12.9. The highest BCUT2D eigenvalue weighted by Crippen LogP contribution is 2.26. The quantitative estimate of drug-likeness (QED) is 0.283. The van der Waals surface area contributed by atoms with Crippen LogP contribution in [0.4, 0.5) is 15.8 Å². The summed E-state index contributed by atoms with van der Waals surface area (Å²) in [6, 6.07) is 12.6. The zero-order valence-corrected chi connectivity index (χ0v) is 17.1. The number of benzene rings is 2. The lowest BCUT2D eigenvalue weighted by atomic mass is 10.0. The van der Waals surface area contributed by atoms with Crippen molar-refractivity contribution in [3.63, 3.8) is 0 Å². The van der Waals surface area contributed by atoms with E-state index in [2.05, 4.69) is 23.4 Å². The fourth-order valence-electron chi connectivity index (χ4n) is 3.52. The third kappa shape index (κ3) is 6.77. The molecule has 0 bridgehead atoms. The van der Waals surface area contributed by atoms with Crippen molar-refractivity contribution in [1.29, 1.82) is 0 Å². The van der Waals surface area contributed by atoms with E-state index in [1.165, 1.54) is 30.3 Å². The number of nitrogens with one attached hydrogen (secondary N) is 1. The van der Waals surface area contributed by atoms with Gasteiger partial charge in [0, 0.05) is 37.2 Å². The van der Waals surface area contributed by atoms with Crippen molar-refractivity contribution in [2.45, 2.75) is 31.7 Å². The van der Waals surface area contributed by atoms with Crippen LogP contribution in [0.5, 0.6) is 0 Å². The van der Waals surface area contributed by atoms with Gasteiger partial charge in [-0.2, -0.15) is 0 Å². The molecule has 0 unspecified atom stereocenters. The van der Waals surface area contributed by atoms with Crippen LogP contribution in [-0.4, -0.2) is 41.3 Å². The van der Waals surface area contributed by atoms with E-state index in [4.69, 9.17) is 0 Å². The smallest absolute Gasteiger partial charge is 0.292 e. The van der Waals surface area contributed by atoms with Crippen molar-refractivity contribution in [2.75, 3.05) is 25.0 Å². The Morgan fingerprint density at radius 3 is 2.40 bits per heavy atom. The van der Waals surface area contributed by atoms with Crippen LogP contribution in [0.1, 0.15) is 36.0 Å². The van der Waals surface area contributed by atoms with Gasteiger partial charge in [-0.1, -0.05) is 12.1 Å². The lowest BCUT2D eigenvalue weighted by Gasteiger charge is -2.32. The van der Waals surface area contributed by atoms with Gasteiger partial charge in [-0.05, 0) is 56.1 Å². The molecule has 3 rings (SSSR count). The molecule has 1 aliphatic heterocycles. The number of likely N-dealkylation sites (tertiary alicyclic amines) is 1. The van der Waals surface area contributed by atoms with E-state index < -0.39 is 0 Å². The van der Waals surface area contributed by atoms with Gasteiger partial charge in [0.25, 0.3) is 5.69 Å². The Kier molecular flexibility index (Phi) is 9.15. The van der Waals surface area contributed by atoms with E-state index in [0.29, 0.717) is 17.7 Å². The summed E-state index contributed by atoms with van der Waals surface area (Å²) in [5.41, 5.74) is 1.22. The van der Waals surface area contributed by atoms with Crippen LogP contribution in [0.3, 0.4) is 0 Å². The second-order valence-electron chi connectivity index (χ2n) is 7.07. The third-order valence-electron chi connectivity index (χ3n) is 5.09. The second-order valence-corrected chi connectivity index (χ2v) is 7.07. The molecule has 1 heterocycles. The highest BCUT2D eigenvalue weighted by molar-refractivity contribution is 5.95. The number of hydrogen-bond donors (Lipinski definition) is 1. The van der Waals surface area contributed by atoms with Gasteiger partial charge in [0.05, 0.1) is 4.92 Å². The Labute approximate surface area is 176 Å². The van der Waals surface area contributed by atoms with Crippen LogP contribution in [0, 0.1) is 15.9 Å². The number of para-hydroxylation sites is 2. The number of carbonyl (C=O) groups is 1. The average molecular weight is 413 g/mol. The number of halogens is 1. The van der Waals surface area contributed by atoms with Crippen molar-refractivity contribution in [2.24, 2.45) is 0 Å². The van der Waals surface area contributed by atoms with Gasteiger partial charge in [-0.3, -0.25) is 14.9 Å². The van der Waals surface area contributed by atoms with Crippen molar-refractivity contribution < 1.29 is 14.1 Å². The van der Waals surface area contributed by atoms with Gasteiger partial charge in [0.1, 0.15) is 11.5 Å². The molecule has 1 fully saturated rings. The van der Waals surface area contributed by atoms with E-state index in [0.717, 1.165) is 38.9 Å². The van der Waals surface area contributed by atoms with E-state index in [1.807, 2.05) is 0 Å². The van der Waals surface area contributed by atoms with E-state index >= 15 is 0 Å². The summed E-state index contributed by atoms with van der Waals surface area (Å²) in [7, 11) is 0. The number of Topliss-reactive ketones (excluding diaryl/α,β-unsaturated/α-hetero) is 1. The molecule has 7 heteroatoms. The van der Waals surface area contributed by atoms with Gasteiger partial charge >= 0.3 is 0 Å². The summed E-state index contributed by atoms with van der Waals surface area (Å²) in [5.74, 6) is -0.304. The topological polar surface area (TPSA) is 75.5 Å². The number of ketones is 1. The Morgan fingerprint density at radius 1 is 1.13 bits per heavy atom. The summed E-state index contributed by atoms with van der Waals surface area (Å²) in [5, 5.41) is 14.4. The van der Waals surface area contributed by atoms with Crippen molar-refractivity contribution in [3.8, 4) is 0 Å². The first kappa shape index (κ1) is 23.2. The lowest BCUT2D eigenvalue weighted by Crippen LogP contribution is -2.39. The standard InChI is InChI=1S/C21H24FN3O3.C2H4/c22-17-9-7-16(8-10-17)21(26)6-3-13-24-14-11-18(12-15-24)23-19-4-1-2-5-20(19)25(27)28;1-2/h1-2,4-5,7-10,18,23H,3,6,11-15H2;1-2H2. The van der Waals surface area contributed by atoms with Gasteiger partial charge in [-0.15, -0.1) is 13.2 Å². The van der Waals surface area contributed by atoms with Crippen LogP contribution >= 0.6 is 0 Å². The minimum atomic E-state index is -0.365. The van der Waals surface area contributed by atoms with Gasteiger partial charge in [0.15, 0.2) is 5.78 Å². The Morgan fingerprint density at radius 2 is 1.77 bits per heavy atom. The molecule has 0 aliphatic carbocycles. The van der Waals surface area contributed by atoms with Crippen LogP contribution in [0.25, 0.3) is 0 Å². The SMILES string of the molecule is C=C.O=C(CCCN1CCC(Nc2ccccc2[N+](=O)[O-])CC1)c1ccc(F)cc1. The van der Waals surface area contributed by atoms with Gasteiger partial charge in [-0.25, -0.2) is 4.39 Å². The molecule has 30 heavy (non-hydrogen) atoms. The molecule has 1 saturated heterocycles. The zero-order valence-electron chi connectivity index (χ0n) is 17.1. The molecular weight excluding hydrogens is 385 g/mol. The fourth-order valence-corrected chi connectivity index (χ4v) is 3.52. The normalized spacial score (nSPS) is 14.4. The van der Waals surface area contributed by atoms with Crippen molar-refractivity contribution in [1.82, 2.24) is 4.90 Å². The third-order valence-corrected chi connectivity index (χ3v) is 5.09. The molecule has 0 amide bonds. The van der Waals surface area contributed by atoms with Crippen LogP contribution < -0.4 is 5.32 Å². The number of piperidine rings is 1. The average Bonchev–Trinajstić information content (AvgIpc) is 2.77. The highest BCUT2D eigenvalue weighted by atomic mass is 19.1. The van der Waals surface area contributed by atoms with E-state index in [-0.39, 0.29) is 28.3 Å². The molecule has 0 aromatic heterocycles. The number of nitro groups is 1. The summed E-state index contributed by atoms with van der Waals surface area (Å²) in [6.45, 7) is 8.62. The number of hydrogen-bond acceptors (Lipinski definition) is 5. The molecular formula is C23H28FN3O3. The molecule has 1 N–H and O–H groups in total. The number of nitrogens with zero attached hydrogens (tertiary/aromatic N) is 2. The first-order valence-electron chi connectivity index (χ1n) is 10.0. The number of anilines is 1. The molecule has 0 atom stereocenters. The number of nitro benzene ring substituents is 1. The maximum Gasteiger partial charge on any atom is 0.292 e. The maximum atomic E-state index is 12.9. The summed E-state index contributed by atoms with van der Waals surface area (Å²) in [6.07, 6.45) is 3.01. The Hall–Kier alpha value is -3.06. The highest BCUT2D eigenvalue weighted by Gasteiger charge is 2.21. The van der Waals surface area contributed by atoms with Crippen molar-refractivity contribution >= 4 is 17.2 Å². The molecule has 2 aromatic carbocycles. The van der Waals surface area contributed by atoms with Crippen LogP contribution in [0.15, 0.2) is 61.7 Å².